The number of aliphatic hydroxyl groups is 1. The van der Waals surface area contributed by atoms with Gasteiger partial charge in [-0.15, -0.1) is 0 Å². The first kappa shape index (κ1) is 16.3. The van der Waals surface area contributed by atoms with Gasteiger partial charge in [0.25, 0.3) is 0 Å². The lowest BCUT2D eigenvalue weighted by molar-refractivity contribution is 0.174. The molecule has 0 aliphatic heterocycles. The molecule has 126 valence electrons. The molecule has 6 heteroatoms. The lowest BCUT2D eigenvalue weighted by Crippen LogP contribution is -2.21. The third-order valence-corrected chi connectivity index (χ3v) is 4.26. The SMILES string of the molecule is Cn1c(=O)n(C)c2cc(CNCC(O)c3cccc(O)c3)ccc21. The molecule has 0 amide bonds. The van der Waals surface area contributed by atoms with Crippen molar-refractivity contribution in [3.8, 4) is 5.75 Å². The number of imidazole rings is 1. The van der Waals surface area contributed by atoms with E-state index in [2.05, 4.69) is 5.32 Å². The largest absolute Gasteiger partial charge is 0.508 e. The van der Waals surface area contributed by atoms with E-state index in [0.29, 0.717) is 18.7 Å². The van der Waals surface area contributed by atoms with Gasteiger partial charge in [-0.25, -0.2) is 4.79 Å². The Morgan fingerprint density at radius 2 is 1.83 bits per heavy atom. The van der Waals surface area contributed by atoms with Crippen LogP contribution in [0.5, 0.6) is 5.75 Å². The molecule has 1 unspecified atom stereocenters. The van der Waals surface area contributed by atoms with E-state index in [0.717, 1.165) is 16.6 Å². The number of aryl methyl sites for hydroxylation is 2. The fourth-order valence-corrected chi connectivity index (χ4v) is 2.87. The average Bonchev–Trinajstić information content (AvgIpc) is 2.79. The monoisotopic (exact) mass is 327 g/mol. The highest BCUT2D eigenvalue weighted by atomic mass is 16.3. The van der Waals surface area contributed by atoms with Gasteiger partial charge in [0.15, 0.2) is 0 Å². The number of nitrogens with one attached hydrogen (secondary N) is 1. The van der Waals surface area contributed by atoms with Gasteiger partial charge in [-0.3, -0.25) is 9.13 Å². The van der Waals surface area contributed by atoms with E-state index in [1.165, 1.54) is 0 Å². The Balaban J connectivity index is 1.68. The number of nitrogens with zero attached hydrogens (tertiary/aromatic N) is 2. The molecule has 0 aliphatic carbocycles. The zero-order chi connectivity index (χ0) is 17.3. The highest BCUT2D eigenvalue weighted by molar-refractivity contribution is 5.76. The zero-order valence-electron chi connectivity index (χ0n) is 13.7. The van der Waals surface area contributed by atoms with Crippen LogP contribution in [0.25, 0.3) is 11.0 Å². The van der Waals surface area contributed by atoms with Crippen molar-refractivity contribution in [3.05, 3.63) is 64.1 Å². The van der Waals surface area contributed by atoms with E-state index in [9.17, 15) is 15.0 Å². The lowest BCUT2D eigenvalue weighted by Gasteiger charge is -2.12. The van der Waals surface area contributed by atoms with Crippen LogP contribution < -0.4 is 11.0 Å². The van der Waals surface area contributed by atoms with Crippen molar-refractivity contribution in [2.45, 2.75) is 12.6 Å². The van der Waals surface area contributed by atoms with Crippen molar-refractivity contribution in [2.75, 3.05) is 6.54 Å². The molecule has 1 atom stereocenters. The molecule has 0 radical (unpaired) electrons. The number of phenols is 1. The molecule has 0 bridgehead atoms. The Hall–Kier alpha value is -2.57. The number of aliphatic hydroxyl groups excluding tert-OH is 1. The molecule has 3 aromatic rings. The van der Waals surface area contributed by atoms with Gasteiger partial charge >= 0.3 is 5.69 Å². The summed E-state index contributed by atoms with van der Waals surface area (Å²) >= 11 is 0. The second-order valence-electron chi connectivity index (χ2n) is 5.97. The maximum atomic E-state index is 11.9. The zero-order valence-corrected chi connectivity index (χ0v) is 13.7. The first-order chi connectivity index (χ1) is 11.5. The molecular weight excluding hydrogens is 306 g/mol. The molecule has 3 rings (SSSR count). The molecule has 0 aliphatic rings. The lowest BCUT2D eigenvalue weighted by atomic mass is 10.1. The fraction of sp³-hybridized carbons (Fsp3) is 0.278. The van der Waals surface area contributed by atoms with Gasteiger partial charge < -0.3 is 15.5 Å². The molecule has 0 saturated carbocycles. The Kier molecular flexibility index (Phi) is 4.42. The minimum Gasteiger partial charge on any atom is -0.508 e. The molecule has 1 aromatic heterocycles. The van der Waals surface area contributed by atoms with Crippen LogP contribution in [0.4, 0.5) is 0 Å². The minimum atomic E-state index is -0.693. The van der Waals surface area contributed by atoms with Crippen molar-refractivity contribution in [1.82, 2.24) is 14.5 Å². The van der Waals surface area contributed by atoms with Crippen molar-refractivity contribution >= 4 is 11.0 Å². The molecule has 6 nitrogen and oxygen atoms in total. The maximum absolute atomic E-state index is 11.9. The summed E-state index contributed by atoms with van der Waals surface area (Å²) in [6.07, 6.45) is -0.693. The smallest absolute Gasteiger partial charge is 0.328 e. The van der Waals surface area contributed by atoms with Gasteiger partial charge in [0, 0.05) is 27.2 Å². The van der Waals surface area contributed by atoms with Crippen LogP contribution in [0, 0.1) is 0 Å². The van der Waals surface area contributed by atoms with E-state index in [4.69, 9.17) is 0 Å². The molecule has 24 heavy (non-hydrogen) atoms. The summed E-state index contributed by atoms with van der Waals surface area (Å²) in [6, 6.07) is 12.5. The molecule has 2 aromatic carbocycles. The van der Waals surface area contributed by atoms with E-state index < -0.39 is 6.10 Å². The molecule has 1 heterocycles. The van der Waals surface area contributed by atoms with Crippen molar-refractivity contribution < 1.29 is 10.2 Å². The molecule has 3 N–H and O–H groups in total. The average molecular weight is 327 g/mol. The predicted octanol–water partition coefficient (Wildman–Crippen LogP) is 1.41. The van der Waals surface area contributed by atoms with Crippen LogP contribution in [0.3, 0.4) is 0 Å². The number of rotatable bonds is 5. The first-order valence-corrected chi connectivity index (χ1v) is 7.79. The third-order valence-electron chi connectivity index (χ3n) is 4.26. The predicted molar refractivity (Wildman–Crippen MR) is 92.9 cm³/mol. The van der Waals surface area contributed by atoms with Gasteiger partial charge in [0.2, 0.25) is 0 Å². The highest BCUT2D eigenvalue weighted by Crippen LogP contribution is 2.18. The van der Waals surface area contributed by atoms with Crippen LogP contribution in [0.1, 0.15) is 17.2 Å². The van der Waals surface area contributed by atoms with Crippen molar-refractivity contribution in [2.24, 2.45) is 14.1 Å². The summed E-state index contributed by atoms with van der Waals surface area (Å²) in [5.41, 5.74) is 3.44. The van der Waals surface area contributed by atoms with E-state index in [1.54, 1.807) is 47.5 Å². The number of aromatic hydroxyl groups is 1. The van der Waals surface area contributed by atoms with Crippen LogP contribution in [0.2, 0.25) is 0 Å². The fourth-order valence-electron chi connectivity index (χ4n) is 2.87. The summed E-state index contributed by atoms with van der Waals surface area (Å²) in [6.45, 7) is 0.949. The van der Waals surface area contributed by atoms with Gasteiger partial charge in [-0.05, 0) is 35.4 Å². The number of fused-ring (bicyclic) bond motifs is 1. The summed E-state index contributed by atoms with van der Waals surface area (Å²) in [5.74, 6) is 0.141. The molecular formula is C18H21N3O3. The minimum absolute atomic E-state index is 0.0468. The maximum Gasteiger partial charge on any atom is 0.328 e. The third kappa shape index (κ3) is 3.06. The van der Waals surface area contributed by atoms with Gasteiger partial charge in [-0.1, -0.05) is 18.2 Å². The van der Waals surface area contributed by atoms with E-state index >= 15 is 0 Å². The Morgan fingerprint density at radius 1 is 1.08 bits per heavy atom. The standard InChI is InChI=1S/C18H21N3O3/c1-20-15-7-6-12(8-16(15)21(2)18(20)24)10-19-11-17(23)13-4-3-5-14(22)9-13/h3-9,17,19,22-23H,10-11H2,1-2H3. The summed E-state index contributed by atoms with van der Waals surface area (Å²) in [4.78, 5) is 11.9. The molecule has 0 fully saturated rings. The van der Waals surface area contributed by atoms with Crippen molar-refractivity contribution in [1.29, 1.82) is 0 Å². The summed E-state index contributed by atoms with van der Waals surface area (Å²) < 4.78 is 3.25. The van der Waals surface area contributed by atoms with E-state index in [-0.39, 0.29) is 11.4 Å². The Morgan fingerprint density at radius 3 is 2.58 bits per heavy atom. The van der Waals surface area contributed by atoms with Crippen LogP contribution >= 0.6 is 0 Å². The number of hydrogen-bond donors (Lipinski definition) is 3. The summed E-state index contributed by atoms with van der Waals surface area (Å²) in [5, 5.41) is 22.8. The van der Waals surface area contributed by atoms with Gasteiger partial charge in [-0.2, -0.15) is 0 Å². The normalized spacial score (nSPS) is 12.6. The van der Waals surface area contributed by atoms with Crippen molar-refractivity contribution in [3.63, 3.8) is 0 Å². The Bertz CT molecular complexity index is 927. The highest BCUT2D eigenvalue weighted by Gasteiger charge is 2.10. The van der Waals surface area contributed by atoms with E-state index in [1.807, 2.05) is 18.2 Å². The quantitative estimate of drug-likeness (QED) is 0.662. The topological polar surface area (TPSA) is 79.4 Å². The molecule has 0 spiro atoms. The Labute approximate surface area is 139 Å². The van der Waals surface area contributed by atoms with Crippen LogP contribution in [0.15, 0.2) is 47.3 Å². The summed E-state index contributed by atoms with van der Waals surface area (Å²) in [7, 11) is 3.52. The molecule has 0 saturated heterocycles. The van der Waals surface area contributed by atoms with Crippen LogP contribution in [-0.2, 0) is 20.6 Å². The number of hydrogen-bond acceptors (Lipinski definition) is 4. The number of benzene rings is 2. The number of phenolic OH excluding ortho intramolecular Hbond substituents is 1. The van der Waals surface area contributed by atoms with Gasteiger partial charge in [0.1, 0.15) is 5.75 Å². The van der Waals surface area contributed by atoms with Crippen LogP contribution in [-0.4, -0.2) is 25.9 Å². The van der Waals surface area contributed by atoms with Gasteiger partial charge in [0.05, 0.1) is 17.1 Å². The first-order valence-electron chi connectivity index (χ1n) is 7.79. The number of aromatic nitrogens is 2. The second kappa shape index (κ2) is 6.51. The second-order valence-corrected chi connectivity index (χ2v) is 5.97.